The highest BCUT2D eigenvalue weighted by molar-refractivity contribution is 5.99. The maximum absolute atomic E-state index is 12.3. The number of hydrogen-bond acceptors (Lipinski definition) is 6. The molecule has 29 heavy (non-hydrogen) atoms. The third kappa shape index (κ3) is 6.31. The summed E-state index contributed by atoms with van der Waals surface area (Å²) in [5, 5.41) is 16.6. The molecular weight excluding hydrogens is 376 g/mol. The van der Waals surface area contributed by atoms with E-state index in [1.165, 1.54) is 7.11 Å². The zero-order valence-corrected chi connectivity index (χ0v) is 16.3. The molecule has 1 saturated heterocycles. The Balaban J connectivity index is 1.93. The van der Waals surface area contributed by atoms with Crippen LogP contribution >= 0.6 is 0 Å². The number of piperazine rings is 1. The molecular formula is C20H24N4O5. The lowest BCUT2D eigenvalue weighted by Gasteiger charge is -2.29. The van der Waals surface area contributed by atoms with Crippen LogP contribution in [-0.4, -0.2) is 48.9 Å². The summed E-state index contributed by atoms with van der Waals surface area (Å²) >= 11 is 0. The van der Waals surface area contributed by atoms with Crippen molar-refractivity contribution in [3.8, 4) is 6.07 Å². The molecule has 0 radical (unpaired) electrons. The van der Waals surface area contributed by atoms with E-state index in [9.17, 15) is 19.2 Å². The Morgan fingerprint density at radius 2 is 1.79 bits per heavy atom. The zero-order valence-electron chi connectivity index (χ0n) is 16.3. The smallest absolute Gasteiger partial charge is 0.328 e. The first-order valence-electron chi connectivity index (χ1n) is 9.25. The summed E-state index contributed by atoms with van der Waals surface area (Å²) in [7, 11) is 1.18. The fourth-order valence-electron chi connectivity index (χ4n) is 3.01. The van der Waals surface area contributed by atoms with Crippen LogP contribution in [0.1, 0.15) is 25.3 Å². The van der Waals surface area contributed by atoms with Gasteiger partial charge in [0.15, 0.2) is 0 Å². The number of nitriles is 1. The van der Waals surface area contributed by atoms with Crippen molar-refractivity contribution in [3.05, 3.63) is 35.9 Å². The molecule has 9 heteroatoms. The van der Waals surface area contributed by atoms with E-state index >= 15 is 0 Å². The van der Waals surface area contributed by atoms with Crippen LogP contribution in [0.15, 0.2) is 30.3 Å². The first kappa shape index (κ1) is 21.9. The van der Waals surface area contributed by atoms with Gasteiger partial charge in [0.05, 0.1) is 19.6 Å². The van der Waals surface area contributed by atoms with Gasteiger partial charge in [0.1, 0.15) is 18.1 Å². The molecule has 1 aliphatic heterocycles. The Kier molecular flexibility index (Phi) is 7.71. The molecule has 154 valence electrons. The van der Waals surface area contributed by atoms with Gasteiger partial charge in [-0.2, -0.15) is 5.26 Å². The number of methoxy groups -OCH3 is 1. The van der Waals surface area contributed by atoms with E-state index in [4.69, 9.17) is 5.26 Å². The van der Waals surface area contributed by atoms with Crippen LogP contribution in [-0.2, 0) is 30.3 Å². The van der Waals surface area contributed by atoms with Gasteiger partial charge in [-0.25, -0.2) is 4.79 Å². The summed E-state index contributed by atoms with van der Waals surface area (Å²) in [5.41, 5.74) is 0.900. The van der Waals surface area contributed by atoms with Gasteiger partial charge in [-0.15, -0.1) is 0 Å². The van der Waals surface area contributed by atoms with Gasteiger partial charge in [0, 0.05) is 12.3 Å². The van der Waals surface area contributed by atoms with Gasteiger partial charge in [-0.1, -0.05) is 30.3 Å². The van der Waals surface area contributed by atoms with Crippen LogP contribution in [0.3, 0.4) is 0 Å². The second kappa shape index (κ2) is 10.2. The second-order valence-corrected chi connectivity index (χ2v) is 6.93. The van der Waals surface area contributed by atoms with E-state index in [0.717, 1.165) is 5.56 Å². The van der Waals surface area contributed by atoms with Crippen molar-refractivity contribution < 1.29 is 23.9 Å². The molecule has 0 spiro atoms. The van der Waals surface area contributed by atoms with Crippen LogP contribution in [0.2, 0.25) is 0 Å². The first-order chi connectivity index (χ1) is 13.8. The topological polar surface area (TPSA) is 137 Å². The van der Waals surface area contributed by atoms with Crippen molar-refractivity contribution in [2.45, 2.75) is 44.3 Å². The van der Waals surface area contributed by atoms with Crippen LogP contribution in [0.25, 0.3) is 0 Å². The average molecular weight is 400 g/mol. The standard InChI is InChI=1S/C20H24N4O5/c1-12(11-21)8-16(20(28)29-2)22-17(25)10-15-19(27)23-14(18(26)24-15)9-13-6-4-3-5-7-13/h3-7,12,14-16H,8-10H2,1-2H3,(H,22,25)(H,23,27)(H,24,26)/t12-,14-,15-,16+/m0/s1. The van der Waals surface area contributed by atoms with E-state index in [-0.39, 0.29) is 18.7 Å². The van der Waals surface area contributed by atoms with E-state index in [2.05, 4.69) is 20.7 Å². The van der Waals surface area contributed by atoms with Crippen molar-refractivity contribution in [1.82, 2.24) is 16.0 Å². The monoisotopic (exact) mass is 400 g/mol. The largest absolute Gasteiger partial charge is 0.467 e. The molecule has 9 nitrogen and oxygen atoms in total. The van der Waals surface area contributed by atoms with E-state index in [0.29, 0.717) is 6.42 Å². The van der Waals surface area contributed by atoms with Crippen LogP contribution in [0, 0.1) is 17.2 Å². The highest BCUT2D eigenvalue weighted by atomic mass is 16.5. The molecule has 1 aromatic carbocycles. The van der Waals surface area contributed by atoms with Crippen molar-refractivity contribution in [2.75, 3.05) is 7.11 Å². The van der Waals surface area contributed by atoms with Crippen LogP contribution in [0.5, 0.6) is 0 Å². The van der Waals surface area contributed by atoms with Crippen molar-refractivity contribution in [2.24, 2.45) is 5.92 Å². The number of amides is 3. The predicted octanol–water partition coefficient (Wildman–Crippen LogP) is -0.190. The van der Waals surface area contributed by atoms with Gasteiger partial charge in [0.25, 0.3) is 0 Å². The fraction of sp³-hybridized carbons (Fsp3) is 0.450. The molecule has 2 rings (SSSR count). The molecule has 0 bridgehead atoms. The molecule has 1 heterocycles. The Morgan fingerprint density at radius 3 is 2.41 bits per heavy atom. The maximum Gasteiger partial charge on any atom is 0.328 e. The molecule has 1 aromatic rings. The second-order valence-electron chi connectivity index (χ2n) is 6.93. The van der Waals surface area contributed by atoms with Crippen molar-refractivity contribution >= 4 is 23.7 Å². The van der Waals surface area contributed by atoms with E-state index < -0.39 is 41.8 Å². The number of benzene rings is 1. The summed E-state index contributed by atoms with van der Waals surface area (Å²) in [4.78, 5) is 48.8. The zero-order chi connectivity index (χ0) is 21.4. The predicted molar refractivity (Wildman–Crippen MR) is 102 cm³/mol. The Hall–Kier alpha value is -3.41. The number of ether oxygens (including phenoxy) is 1. The van der Waals surface area contributed by atoms with Crippen LogP contribution < -0.4 is 16.0 Å². The lowest BCUT2D eigenvalue weighted by molar-refractivity contribution is -0.146. The first-order valence-corrected chi connectivity index (χ1v) is 9.25. The number of esters is 1. The number of nitrogens with one attached hydrogen (secondary N) is 3. The summed E-state index contributed by atoms with van der Waals surface area (Å²) < 4.78 is 4.65. The highest BCUT2D eigenvalue weighted by Crippen LogP contribution is 2.10. The van der Waals surface area contributed by atoms with Gasteiger partial charge in [-0.3, -0.25) is 14.4 Å². The third-order valence-corrected chi connectivity index (χ3v) is 4.57. The lowest BCUT2D eigenvalue weighted by Crippen LogP contribution is -2.63. The highest BCUT2D eigenvalue weighted by Gasteiger charge is 2.35. The van der Waals surface area contributed by atoms with Gasteiger partial charge >= 0.3 is 5.97 Å². The Labute approximate surface area is 168 Å². The van der Waals surface area contributed by atoms with Gasteiger partial charge in [-0.05, 0) is 18.9 Å². The number of rotatable bonds is 8. The average Bonchev–Trinajstić information content (AvgIpc) is 2.71. The number of hydrogen-bond donors (Lipinski definition) is 3. The molecule has 3 N–H and O–H groups in total. The Morgan fingerprint density at radius 1 is 1.17 bits per heavy atom. The normalized spacial score (nSPS) is 20.4. The quantitative estimate of drug-likeness (QED) is 0.517. The summed E-state index contributed by atoms with van der Waals surface area (Å²) in [6.45, 7) is 1.61. The maximum atomic E-state index is 12.3. The Bertz CT molecular complexity index is 805. The fourth-order valence-corrected chi connectivity index (χ4v) is 3.01. The molecule has 0 unspecified atom stereocenters. The van der Waals surface area contributed by atoms with E-state index in [1.54, 1.807) is 6.92 Å². The number of carbonyl (C=O) groups is 4. The molecule has 3 amide bonds. The minimum Gasteiger partial charge on any atom is -0.467 e. The van der Waals surface area contributed by atoms with Gasteiger partial charge < -0.3 is 20.7 Å². The molecule has 0 aromatic heterocycles. The van der Waals surface area contributed by atoms with Crippen molar-refractivity contribution in [1.29, 1.82) is 5.26 Å². The molecule has 0 saturated carbocycles. The molecule has 4 atom stereocenters. The van der Waals surface area contributed by atoms with Crippen LogP contribution in [0.4, 0.5) is 0 Å². The third-order valence-electron chi connectivity index (χ3n) is 4.57. The summed E-state index contributed by atoms with van der Waals surface area (Å²) in [5.74, 6) is -2.61. The number of nitrogens with zero attached hydrogens (tertiary/aromatic N) is 1. The summed E-state index contributed by atoms with van der Waals surface area (Å²) in [6, 6.07) is 8.48. The number of carbonyl (C=O) groups excluding carboxylic acids is 4. The van der Waals surface area contributed by atoms with Crippen molar-refractivity contribution in [3.63, 3.8) is 0 Å². The molecule has 1 fully saturated rings. The van der Waals surface area contributed by atoms with Gasteiger partial charge in [0.2, 0.25) is 17.7 Å². The minimum atomic E-state index is -1.04. The molecule has 1 aliphatic rings. The summed E-state index contributed by atoms with van der Waals surface area (Å²) in [6.07, 6.45) is 0.0924. The SMILES string of the molecule is COC(=O)[C@@H](C[C@H](C)C#N)NC(=O)C[C@@H]1NC(=O)[C@H](Cc2ccccc2)NC1=O. The van der Waals surface area contributed by atoms with E-state index in [1.807, 2.05) is 36.4 Å². The molecule has 0 aliphatic carbocycles. The lowest BCUT2D eigenvalue weighted by atomic mass is 10.00. The minimum absolute atomic E-state index is 0.0806.